The van der Waals surface area contributed by atoms with Crippen molar-refractivity contribution in [2.45, 2.75) is 591 Å². The molecule has 0 heteroatoms. The van der Waals surface area contributed by atoms with Gasteiger partial charge in [-0.3, -0.25) is 0 Å². The molecule has 0 radical (unpaired) electrons. The van der Waals surface area contributed by atoms with Crippen molar-refractivity contribution in [1.29, 1.82) is 0 Å². The van der Waals surface area contributed by atoms with Crippen molar-refractivity contribution in [1.82, 2.24) is 0 Å². The predicted octanol–water partition coefficient (Wildman–Crippen LogP) is 35.9. The largest absolute Gasteiger partial charge is 0.0533 e. The van der Waals surface area contributed by atoms with Crippen molar-refractivity contribution in [3.05, 3.63) is 0 Å². The van der Waals surface area contributed by atoms with Crippen LogP contribution in [0.3, 0.4) is 0 Å². The quantitative estimate of drug-likeness (QED) is 0.227. The highest BCUT2D eigenvalue weighted by molar-refractivity contribution is 4.88. The summed E-state index contributed by atoms with van der Waals surface area (Å²) in [6.07, 6.45) is 139. The third-order valence-corrected chi connectivity index (χ3v) is 25.7. The van der Waals surface area contributed by atoms with E-state index in [2.05, 4.69) is 0 Å². The van der Waals surface area contributed by atoms with Crippen LogP contribution >= 0.6 is 0 Å². The summed E-state index contributed by atoms with van der Waals surface area (Å²) in [4.78, 5) is 0. The van der Waals surface area contributed by atoms with Crippen LogP contribution in [-0.2, 0) is 0 Å². The van der Waals surface area contributed by atoms with E-state index in [1.54, 1.807) is 51.4 Å². The Morgan fingerprint density at radius 2 is 0.106 bits per heavy atom. The first-order chi connectivity index (χ1) is 46.8. The number of rotatable bonds is 0. The molecule has 0 saturated heterocycles. The first kappa shape index (κ1) is 88.2. The SMILES string of the molecule is C1CCCC2(CCC1)CCCCC2.C1CCCCC1.C1CCCCCC2(CCCCC1)CCC2.C1CCCCCCCCCCC1.C1CCCCCCCCCCCCC1.C1CCCCCCCCCCCCCCC1.C1CCCCCCCCCCCCCCCCC1. The highest BCUT2D eigenvalue weighted by atomic mass is 14.4. The lowest BCUT2D eigenvalue weighted by Crippen LogP contribution is -2.29. The van der Waals surface area contributed by atoms with Gasteiger partial charge in [-0.1, -0.05) is 539 Å². The Hall–Kier alpha value is 0. The molecule has 0 amide bonds. The lowest BCUT2D eigenvalue weighted by atomic mass is 9.63. The Morgan fingerprint density at radius 1 is 0.0532 bits per heavy atom. The van der Waals surface area contributed by atoms with Crippen LogP contribution in [0.25, 0.3) is 0 Å². The van der Waals surface area contributed by atoms with Crippen molar-refractivity contribution in [3.63, 3.8) is 0 Å². The average molecular weight is 1310 g/mol. The molecule has 0 N–H and O–H groups in total. The summed E-state index contributed by atoms with van der Waals surface area (Å²) >= 11 is 0. The second kappa shape index (κ2) is 72.8. The Labute approximate surface area is 598 Å². The Bertz CT molecular complexity index is 1100. The fourth-order valence-corrected chi connectivity index (χ4v) is 18.7. The minimum atomic E-state index is 0.832. The average Bonchev–Trinajstić information content (AvgIpc) is 0.969. The van der Waals surface area contributed by atoms with E-state index in [9.17, 15) is 0 Å². The van der Waals surface area contributed by atoms with Crippen LogP contribution < -0.4 is 0 Å². The predicted molar refractivity (Wildman–Crippen MR) is 430 cm³/mol. The van der Waals surface area contributed by atoms with Crippen molar-refractivity contribution in [3.8, 4) is 0 Å². The molecule has 0 aromatic heterocycles. The molecule has 0 unspecified atom stereocenters. The highest BCUT2D eigenvalue weighted by Crippen LogP contribution is 2.49. The van der Waals surface area contributed by atoms with Crippen LogP contribution in [0, 0.1) is 10.8 Å². The minimum absolute atomic E-state index is 0.832. The Morgan fingerprint density at radius 3 is 0.170 bits per heavy atom. The molecule has 94 heavy (non-hydrogen) atoms. The lowest BCUT2D eigenvalue weighted by molar-refractivity contribution is 0.0971. The van der Waals surface area contributed by atoms with E-state index in [4.69, 9.17) is 0 Å². The van der Waals surface area contributed by atoms with E-state index >= 15 is 0 Å². The first-order valence-corrected chi connectivity index (χ1v) is 46.8. The third kappa shape index (κ3) is 60.7. The van der Waals surface area contributed by atoms with Crippen LogP contribution in [0.2, 0.25) is 0 Å². The van der Waals surface area contributed by atoms with E-state index in [-0.39, 0.29) is 0 Å². The fraction of sp³-hybridized carbons (Fsp3) is 1.00. The molecule has 0 aromatic carbocycles. The molecule has 0 heterocycles. The Balaban J connectivity index is 0.000000290. The van der Waals surface area contributed by atoms with Gasteiger partial charge in [0.05, 0.1) is 0 Å². The summed E-state index contributed by atoms with van der Waals surface area (Å²) in [5.41, 5.74) is 1.68. The molecule has 0 atom stereocenters. The van der Waals surface area contributed by atoms with Gasteiger partial charge in [-0.05, 0) is 62.2 Å². The van der Waals surface area contributed by atoms with E-state index in [1.165, 1.54) is 539 Å². The molecule has 2 spiro atoms. The lowest BCUT2D eigenvalue weighted by Gasteiger charge is -2.42. The Kier molecular flexibility index (Phi) is 68.3. The molecule has 9 aliphatic rings. The molecule has 9 fully saturated rings. The van der Waals surface area contributed by atoms with Gasteiger partial charge in [-0.15, -0.1) is 0 Å². The van der Waals surface area contributed by atoms with Crippen LogP contribution in [0.4, 0.5) is 0 Å². The van der Waals surface area contributed by atoms with Crippen molar-refractivity contribution in [2.24, 2.45) is 10.8 Å². The van der Waals surface area contributed by atoms with Gasteiger partial charge >= 0.3 is 0 Å². The fourth-order valence-electron chi connectivity index (χ4n) is 18.7. The monoisotopic (exact) mass is 1310 g/mol. The maximum Gasteiger partial charge on any atom is -0.0297 e. The molecule has 0 bridgehead atoms. The summed E-state index contributed by atoms with van der Waals surface area (Å²) in [6, 6.07) is 0. The summed E-state index contributed by atoms with van der Waals surface area (Å²) in [6.45, 7) is 0. The second-order valence-corrected chi connectivity index (χ2v) is 34.7. The first-order valence-electron chi connectivity index (χ1n) is 46.8. The van der Waals surface area contributed by atoms with Gasteiger partial charge in [-0.2, -0.15) is 0 Å². The molecular formula is C94H184. The van der Waals surface area contributed by atoms with Crippen LogP contribution in [-0.4, -0.2) is 0 Å². The topological polar surface area (TPSA) is 0 Å². The summed E-state index contributed by atoms with van der Waals surface area (Å²) in [5, 5.41) is 0. The van der Waals surface area contributed by atoms with Crippen molar-refractivity contribution < 1.29 is 0 Å². The number of hydrogen-bond donors (Lipinski definition) is 0. The zero-order chi connectivity index (χ0) is 66.1. The zero-order valence-corrected chi connectivity index (χ0v) is 66.1. The molecule has 9 saturated carbocycles. The van der Waals surface area contributed by atoms with Gasteiger partial charge in [0, 0.05) is 0 Å². The summed E-state index contributed by atoms with van der Waals surface area (Å²) in [7, 11) is 0. The zero-order valence-electron chi connectivity index (χ0n) is 66.1. The van der Waals surface area contributed by atoms with Gasteiger partial charge in [0.1, 0.15) is 0 Å². The highest BCUT2D eigenvalue weighted by Gasteiger charge is 2.35. The van der Waals surface area contributed by atoms with Gasteiger partial charge in [0.25, 0.3) is 0 Å². The van der Waals surface area contributed by atoms with Crippen molar-refractivity contribution in [2.75, 3.05) is 0 Å². The van der Waals surface area contributed by atoms with E-state index < -0.39 is 0 Å². The molecular weight excluding hydrogens is 1130 g/mol. The van der Waals surface area contributed by atoms with Gasteiger partial charge in [0.15, 0.2) is 0 Å². The molecule has 0 aliphatic heterocycles. The molecule has 0 nitrogen and oxygen atoms in total. The van der Waals surface area contributed by atoms with Gasteiger partial charge < -0.3 is 0 Å². The molecule has 9 aliphatic carbocycles. The molecule has 0 aromatic rings. The van der Waals surface area contributed by atoms with Gasteiger partial charge in [-0.25, -0.2) is 0 Å². The minimum Gasteiger partial charge on any atom is -0.0533 e. The normalized spacial score (nSPS) is 25.5. The summed E-state index contributed by atoms with van der Waals surface area (Å²) in [5.74, 6) is 0. The maximum atomic E-state index is 1.56. The van der Waals surface area contributed by atoms with Crippen LogP contribution in [0.1, 0.15) is 591 Å². The summed E-state index contributed by atoms with van der Waals surface area (Å²) < 4.78 is 0. The van der Waals surface area contributed by atoms with Crippen LogP contribution in [0.15, 0.2) is 0 Å². The number of hydrogen-bond acceptors (Lipinski definition) is 0. The van der Waals surface area contributed by atoms with Gasteiger partial charge in [0.2, 0.25) is 0 Å². The van der Waals surface area contributed by atoms with E-state index in [1.807, 2.05) is 0 Å². The van der Waals surface area contributed by atoms with Crippen molar-refractivity contribution >= 4 is 0 Å². The smallest absolute Gasteiger partial charge is 0.0297 e. The maximum absolute atomic E-state index is 1.56. The second-order valence-electron chi connectivity index (χ2n) is 34.7. The third-order valence-electron chi connectivity index (χ3n) is 25.7. The van der Waals surface area contributed by atoms with E-state index in [0.717, 1.165) is 10.8 Å². The van der Waals surface area contributed by atoms with Crippen LogP contribution in [0.5, 0.6) is 0 Å². The standard InChI is InChI=1S/C18H36.C16H32.C15H28.C14H28.C13H24.C12H24.C6H12/c1-2-4-6-8-10-12-14-16-18-17-15-13-11-9-7-5-3-1;1-2-4-6-8-10-12-14-16-15-13-11-9-7-5-3-1;1-2-4-6-8-11-15(13-10-14-15)12-9-7-5-3-1;1-2-4-6-8-10-12-14-13-11-9-7-5-3-1;1-2-5-9-13(10-6-3-1)11-7-4-8-12-13;1-2-4-6-8-10-12-11-9-7-5-3-1;1-2-4-6-5-3-1/h1-18H2;1-16H2;1-14H2;1-14H2;1-12H2;1-12H2;1-6H2. The van der Waals surface area contributed by atoms with E-state index in [0.29, 0.717) is 0 Å². The molecule has 560 valence electrons. The molecule has 9 rings (SSSR count).